The third-order valence-electron chi connectivity index (χ3n) is 3.75. The Morgan fingerprint density at radius 2 is 2.00 bits per heavy atom. The standard InChI is InChI=1S/C16H17Cl2NO4/c1-8-11(7-23-22-3)14(13(16(20)21)9(2)19-8)10-5-4-6-12(17)15(10)18/h4-6,14,19H,7H2,1-3H3,(H,20,21). The van der Waals surface area contributed by atoms with E-state index in [-0.39, 0.29) is 12.2 Å². The van der Waals surface area contributed by atoms with Gasteiger partial charge in [0.2, 0.25) is 0 Å². The van der Waals surface area contributed by atoms with Crippen LogP contribution in [0.5, 0.6) is 0 Å². The SMILES string of the molecule is COOCC1=C(C)NC(C)=C(C(=O)O)C1c1cccc(Cl)c1Cl. The molecule has 1 aromatic carbocycles. The summed E-state index contributed by atoms with van der Waals surface area (Å²) in [5, 5.41) is 13.4. The number of aliphatic carboxylic acids is 1. The van der Waals surface area contributed by atoms with E-state index in [1.54, 1.807) is 25.1 Å². The van der Waals surface area contributed by atoms with E-state index in [0.29, 0.717) is 21.3 Å². The third kappa shape index (κ3) is 3.53. The van der Waals surface area contributed by atoms with Crippen molar-refractivity contribution in [1.82, 2.24) is 5.32 Å². The van der Waals surface area contributed by atoms with Crippen LogP contribution in [0.1, 0.15) is 25.3 Å². The number of carboxylic acid groups (broad SMARTS) is 1. The Balaban J connectivity index is 2.64. The van der Waals surface area contributed by atoms with E-state index in [1.165, 1.54) is 7.11 Å². The molecule has 2 rings (SSSR count). The van der Waals surface area contributed by atoms with Crippen molar-refractivity contribution in [3.8, 4) is 0 Å². The molecule has 0 radical (unpaired) electrons. The zero-order valence-electron chi connectivity index (χ0n) is 12.9. The average molecular weight is 358 g/mol. The van der Waals surface area contributed by atoms with E-state index in [4.69, 9.17) is 28.1 Å². The molecular formula is C16H17Cl2NO4. The lowest BCUT2D eigenvalue weighted by atomic mass is 9.81. The Bertz CT molecular complexity index is 697. The summed E-state index contributed by atoms with van der Waals surface area (Å²) in [7, 11) is 1.40. The molecule has 0 aromatic heterocycles. The highest BCUT2D eigenvalue weighted by Crippen LogP contribution is 2.42. The predicted molar refractivity (Wildman–Crippen MR) is 88.3 cm³/mol. The number of carboxylic acids is 1. The van der Waals surface area contributed by atoms with E-state index in [0.717, 1.165) is 11.3 Å². The molecule has 0 saturated heterocycles. The molecule has 7 heteroatoms. The summed E-state index contributed by atoms with van der Waals surface area (Å²) in [5.41, 5.74) is 2.89. The Kier molecular flexibility index (Phi) is 5.70. The van der Waals surface area contributed by atoms with E-state index >= 15 is 0 Å². The molecule has 0 bridgehead atoms. The van der Waals surface area contributed by atoms with Crippen LogP contribution in [0.2, 0.25) is 10.0 Å². The summed E-state index contributed by atoms with van der Waals surface area (Å²) in [6.45, 7) is 3.67. The molecular weight excluding hydrogens is 341 g/mol. The van der Waals surface area contributed by atoms with Gasteiger partial charge >= 0.3 is 5.97 Å². The molecule has 1 aromatic rings. The van der Waals surface area contributed by atoms with Gasteiger partial charge in [-0.1, -0.05) is 35.3 Å². The van der Waals surface area contributed by atoms with Gasteiger partial charge in [0.25, 0.3) is 0 Å². The minimum absolute atomic E-state index is 0.104. The van der Waals surface area contributed by atoms with Gasteiger partial charge in [0.1, 0.15) is 6.61 Å². The van der Waals surface area contributed by atoms with E-state index in [2.05, 4.69) is 10.2 Å². The normalized spacial score (nSPS) is 18.2. The second-order valence-corrected chi connectivity index (χ2v) is 5.91. The molecule has 2 N–H and O–H groups in total. The van der Waals surface area contributed by atoms with Crippen LogP contribution in [0.25, 0.3) is 0 Å². The third-order valence-corrected chi connectivity index (χ3v) is 4.59. The second-order valence-electron chi connectivity index (χ2n) is 5.12. The van der Waals surface area contributed by atoms with Crippen molar-refractivity contribution >= 4 is 29.2 Å². The van der Waals surface area contributed by atoms with E-state index < -0.39 is 11.9 Å². The highest BCUT2D eigenvalue weighted by molar-refractivity contribution is 6.42. The zero-order chi connectivity index (χ0) is 17.1. The van der Waals surface area contributed by atoms with Crippen LogP contribution in [0.15, 0.2) is 40.7 Å². The summed E-state index contributed by atoms with van der Waals surface area (Å²) < 4.78 is 0. The van der Waals surface area contributed by atoms with Crippen molar-refractivity contribution < 1.29 is 19.7 Å². The van der Waals surface area contributed by atoms with Crippen LogP contribution in [0.4, 0.5) is 0 Å². The molecule has 1 aliphatic rings. The zero-order valence-corrected chi connectivity index (χ0v) is 14.5. The van der Waals surface area contributed by atoms with Crippen LogP contribution in [0, 0.1) is 0 Å². The maximum Gasteiger partial charge on any atom is 0.334 e. The minimum atomic E-state index is -1.03. The number of hydrogen-bond acceptors (Lipinski definition) is 4. The van der Waals surface area contributed by atoms with Crippen molar-refractivity contribution in [2.45, 2.75) is 19.8 Å². The van der Waals surface area contributed by atoms with Gasteiger partial charge < -0.3 is 10.4 Å². The molecule has 0 spiro atoms. The van der Waals surface area contributed by atoms with Crippen molar-refractivity contribution in [3.63, 3.8) is 0 Å². The van der Waals surface area contributed by atoms with Gasteiger partial charge in [0, 0.05) is 17.3 Å². The first-order valence-electron chi connectivity index (χ1n) is 6.88. The Labute approximate surface area is 144 Å². The van der Waals surface area contributed by atoms with Crippen LogP contribution < -0.4 is 5.32 Å². The number of hydrogen-bond donors (Lipinski definition) is 2. The lowest BCUT2D eigenvalue weighted by Crippen LogP contribution is -2.29. The quantitative estimate of drug-likeness (QED) is 0.617. The summed E-state index contributed by atoms with van der Waals surface area (Å²) in [6, 6.07) is 5.17. The fourth-order valence-electron chi connectivity index (χ4n) is 2.72. The molecule has 1 aliphatic heterocycles. The van der Waals surface area contributed by atoms with Crippen LogP contribution in [0.3, 0.4) is 0 Å². The highest BCUT2D eigenvalue weighted by atomic mass is 35.5. The van der Waals surface area contributed by atoms with E-state index in [9.17, 15) is 9.90 Å². The first-order valence-corrected chi connectivity index (χ1v) is 7.64. The first-order chi connectivity index (χ1) is 10.9. The summed E-state index contributed by atoms with van der Waals surface area (Å²) in [5.74, 6) is -1.60. The number of dihydropyridines is 1. The molecule has 1 unspecified atom stereocenters. The maximum atomic E-state index is 11.8. The minimum Gasteiger partial charge on any atom is -0.478 e. The Hall–Kier alpha value is -1.53. The Morgan fingerprint density at radius 1 is 1.30 bits per heavy atom. The number of rotatable bonds is 5. The van der Waals surface area contributed by atoms with Crippen LogP contribution in [-0.4, -0.2) is 24.8 Å². The highest BCUT2D eigenvalue weighted by Gasteiger charge is 2.34. The van der Waals surface area contributed by atoms with Gasteiger partial charge in [0.15, 0.2) is 0 Å². The van der Waals surface area contributed by atoms with Crippen molar-refractivity contribution in [2.24, 2.45) is 0 Å². The van der Waals surface area contributed by atoms with Crippen molar-refractivity contribution in [1.29, 1.82) is 0 Å². The van der Waals surface area contributed by atoms with Crippen molar-refractivity contribution in [3.05, 3.63) is 56.3 Å². The summed E-state index contributed by atoms with van der Waals surface area (Å²) in [4.78, 5) is 21.5. The van der Waals surface area contributed by atoms with Gasteiger partial charge in [-0.3, -0.25) is 0 Å². The molecule has 0 fully saturated rings. The van der Waals surface area contributed by atoms with Gasteiger partial charge in [0.05, 0.1) is 22.7 Å². The van der Waals surface area contributed by atoms with Gasteiger partial charge in [-0.25, -0.2) is 14.6 Å². The maximum absolute atomic E-state index is 11.8. The lowest BCUT2D eigenvalue weighted by Gasteiger charge is -2.31. The number of allylic oxidation sites excluding steroid dienone is 2. The van der Waals surface area contributed by atoms with E-state index in [1.807, 2.05) is 6.92 Å². The number of carbonyl (C=O) groups is 1. The lowest BCUT2D eigenvalue weighted by molar-refractivity contribution is -0.265. The number of nitrogens with one attached hydrogen (secondary N) is 1. The van der Waals surface area contributed by atoms with Gasteiger partial charge in [-0.05, 0) is 31.1 Å². The van der Waals surface area contributed by atoms with Gasteiger partial charge in [-0.2, -0.15) is 0 Å². The molecule has 23 heavy (non-hydrogen) atoms. The first kappa shape index (κ1) is 17.8. The van der Waals surface area contributed by atoms with Crippen LogP contribution in [-0.2, 0) is 14.6 Å². The van der Waals surface area contributed by atoms with Crippen LogP contribution >= 0.6 is 23.2 Å². The fourth-order valence-corrected chi connectivity index (χ4v) is 3.14. The number of benzene rings is 1. The largest absolute Gasteiger partial charge is 0.478 e. The molecule has 5 nitrogen and oxygen atoms in total. The smallest absolute Gasteiger partial charge is 0.334 e. The topological polar surface area (TPSA) is 67.8 Å². The average Bonchev–Trinajstić information content (AvgIpc) is 2.48. The van der Waals surface area contributed by atoms with Gasteiger partial charge in [-0.15, -0.1) is 0 Å². The summed E-state index contributed by atoms with van der Waals surface area (Å²) in [6.07, 6.45) is 0. The summed E-state index contributed by atoms with van der Waals surface area (Å²) >= 11 is 12.4. The predicted octanol–water partition coefficient (Wildman–Crippen LogP) is 3.89. The molecule has 0 aliphatic carbocycles. The fraction of sp³-hybridized carbons (Fsp3) is 0.312. The Morgan fingerprint density at radius 3 is 2.61 bits per heavy atom. The van der Waals surface area contributed by atoms with Crippen molar-refractivity contribution in [2.75, 3.05) is 13.7 Å². The second kappa shape index (κ2) is 7.36. The molecule has 124 valence electrons. The molecule has 0 saturated carbocycles. The number of halogens is 2. The monoisotopic (exact) mass is 357 g/mol. The molecule has 1 atom stereocenters. The molecule has 1 heterocycles. The molecule has 0 amide bonds.